The molecule has 0 radical (unpaired) electrons. The molecule has 0 bridgehead atoms. The molecule has 3 aromatic carbocycles. The summed E-state index contributed by atoms with van der Waals surface area (Å²) in [5.41, 5.74) is 3.05. The van der Waals surface area contributed by atoms with Gasteiger partial charge in [0.15, 0.2) is 0 Å². The summed E-state index contributed by atoms with van der Waals surface area (Å²) in [4.78, 5) is 14.8. The minimum absolute atomic E-state index is 0.0552. The van der Waals surface area contributed by atoms with E-state index in [-0.39, 0.29) is 17.8 Å². The predicted molar refractivity (Wildman–Crippen MR) is 111 cm³/mol. The second-order valence-electron chi connectivity index (χ2n) is 7.15. The summed E-state index contributed by atoms with van der Waals surface area (Å²) >= 11 is 0. The molecular formula is C24H23FN2O2. The number of hydrogen-bond acceptors (Lipinski definition) is 3. The zero-order valence-electron chi connectivity index (χ0n) is 16.1. The van der Waals surface area contributed by atoms with E-state index in [1.54, 1.807) is 12.1 Å². The van der Waals surface area contributed by atoms with Gasteiger partial charge in [-0.3, -0.25) is 4.79 Å². The van der Waals surface area contributed by atoms with Gasteiger partial charge in [0.1, 0.15) is 18.2 Å². The number of para-hydroxylation sites is 2. The second kappa shape index (κ2) is 8.78. The highest BCUT2D eigenvalue weighted by Gasteiger charge is 2.29. The molecule has 0 saturated heterocycles. The van der Waals surface area contributed by atoms with Gasteiger partial charge in [-0.2, -0.15) is 0 Å². The Morgan fingerprint density at radius 2 is 1.69 bits per heavy atom. The quantitative estimate of drug-likeness (QED) is 0.682. The van der Waals surface area contributed by atoms with Crippen LogP contribution in [0.5, 0.6) is 5.75 Å². The first-order chi connectivity index (χ1) is 14.2. The average molecular weight is 390 g/mol. The van der Waals surface area contributed by atoms with Gasteiger partial charge in [-0.25, -0.2) is 4.39 Å². The lowest BCUT2D eigenvalue weighted by atomic mass is 10.1. The Bertz CT molecular complexity index is 960. The first-order valence-corrected chi connectivity index (χ1v) is 9.72. The Labute approximate surface area is 169 Å². The zero-order valence-corrected chi connectivity index (χ0v) is 16.1. The predicted octanol–water partition coefficient (Wildman–Crippen LogP) is 4.30. The molecule has 1 unspecified atom stereocenters. The Hall–Kier alpha value is -3.34. The molecule has 1 heterocycles. The summed E-state index contributed by atoms with van der Waals surface area (Å²) < 4.78 is 18.9. The van der Waals surface area contributed by atoms with Crippen molar-refractivity contribution in [2.24, 2.45) is 0 Å². The van der Waals surface area contributed by atoms with Gasteiger partial charge in [-0.05, 0) is 35.4 Å². The summed E-state index contributed by atoms with van der Waals surface area (Å²) in [6.45, 7) is 1.53. The molecule has 0 aromatic heterocycles. The molecule has 0 saturated carbocycles. The number of amides is 1. The summed E-state index contributed by atoms with van der Waals surface area (Å²) in [5, 5.41) is 2.93. The number of anilines is 1. The van der Waals surface area contributed by atoms with E-state index in [4.69, 9.17) is 4.74 Å². The van der Waals surface area contributed by atoms with E-state index in [0.717, 1.165) is 17.0 Å². The molecule has 148 valence electrons. The maximum absolute atomic E-state index is 13.0. The third kappa shape index (κ3) is 4.74. The molecule has 4 nitrogen and oxygen atoms in total. The van der Waals surface area contributed by atoms with Gasteiger partial charge in [-0.15, -0.1) is 0 Å². The van der Waals surface area contributed by atoms with Crippen LogP contribution in [-0.4, -0.2) is 18.6 Å². The van der Waals surface area contributed by atoms with E-state index < -0.39 is 0 Å². The molecule has 0 spiro atoms. The normalized spacial score (nSPS) is 15.3. The van der Waals surface area contributed by atoms with Crippen LogP contribution in [0.3, 0.4) is 0 Å². The van der Waals surface area contributed by atoms with Crippen molar-refractivity contribution in [2.75, 3.05) is 11.5 Å². The van der Waals surface area contributed by atoms with Crippen LogP contribution in [-0.2, 0) is 17.9 Å². The molecule has 5 heteroatoms. The molecule has 0 fully saturated rings. The smallest absolute Gasteiger partial charge is 0.222 e. The average Bonchev–Trinajstić information content (AvgIpc) is 2.76. The van der Waals surface area contributed by atoms with Crippen LogP contribution in [0.15, 0.2) is 78.9 Å². The van der Waals surface area contributed by atoms with Crippen LogP contribution >= 0.6 is 0 Å². The fraction of sp³-hybridized carbons (Fsp3) is 0.208. The van der Waals surface area contributed by atoms with E-state index in [2.05, 4.69) is 22.3 Å². The molecule has 4 rings (SSSR count). The second-order valence-corrected chi connectivity index (χ2v) is 7.15. The molecule has 1 aliphatic heterocycles. The number of carbonyl (C=O) groups is 1. The monoisotopic (exact) mass is 390 g/mol. The number of nitrogens with zero attached hydrogens (tertiary/aromatic N) is 1. The highest BCUT2D eigenvalue weighted by molar-refractivity contribution is 5.77. The van der Waals surface area contributed by atoms with Gasteiger partial charge in [0.25, 0.3) is 0 Å². The van der Waals surface area contributed by atoms with Crippen molar-refractivity contribution in [1.82, 2.24) is 5.32 Å². The van der Waals surface area contributed by atoms with E-state index in [9.17, 15) is 9.18 Å². The number of rotatable bonds is 6. The number of benzene rings is 3. The fourth-order valence-corrected chi connectivity index (χ4v) is 3.54. The molecule has 29 heavy (non-hydrogen) atoms. The molecule has 0 aliphatic carbocycles. The van der Waals surface area contributed by atoms with Crippen molar-refractivity contribution in [3.63, 3.8) is 0 Å². The van der Waals surface area contributed by atoms with Gasteiger partial charge in [0.05, 0.1) is 18.2 Å². The number of hydrogen-bond donors (Lipinski definition) is 1. The number of halogens is 1. The molecule has 1 atom stereocenters. The number of nitrogens with one attached hydrogen (secondary N) is 1. The van der Waals surface area contributed by atoms with Crippen molar-refractivity contribution >= 4 is 11.6 Å². The lowest BCUT2D eigenvalue weighted by molar-refractivity contribution is -0.121. The van der Waals surface area contributed by atoms with Crippen LogP contribution in [0.1, 0.15) is 17.5 Å². The topological polar surface area (TPSA) is 41.6 Å². The van der Waals surface area contributed by atoms with Crippen molar-refractivity contribution in [3.05, 3.63) is 95.8 Å². The Morgan fingerprint density at radius 1 is 0.966 bits per heavy atom. The Morgan fingerprint density at radius 3 is 2.48 bits per heavy atom. The first-order valence-electron chi connectivity index (χ1n) is 9.72. The van der Waals surface area contributed by atoms with Crippen molar-refractivity contribution < 1.29 is 13.9 Å². The maximum atomic E-state index is 13.0. The van der Waals surface area contributed by atoms with Gasteiger partial charge >= 0.3 is 0 Å². The largest absolute Gasteiger partial charge is 0.489 e. The Balaban J connectivity index is 1.45. The summed E-state index contributed by atoms with van der Waals surface area (Å²) in [6.07, 6.45) is 0.322. The lowest BCUT2D eigenvalue weighted by Crippen LogP contribution is -2.45. The molecule has 3 aromatic rings. The van der Waals surface area contributed by atoms with Crippen LogP contribution in [0.4, 0.5) is 10.1 Å². The van der Waals surface area contributed by atoms with Crippen LogP contribution < -0.4 is 15.0 Å². The SMILES string of the molecule is O=C(CC1COc2ccccc2N1Cc1ccccc1)NCc1ccc(F)cc1. The lowest BCUT2D eigenvalue weighted by Gasteiger charge is -2.38. The first kappa shape index (κ1) is 19.0. The van der Waals surface area contributed by atoms with E-state index in [1.165, 1.54) is 17.7 Å². The van der Waals surface area contributed by atoms with Gasteiger partial charge in [-0.1, -0.05) is 54.6 Å². The maximum Gasteiger partial charge on any atom is 0.222 e. The summed E-state index contributed by atoms with van der Waals surface area (Å²) in [7, 11) is 0. The third-order valence-corrected chi connectivity index (χ3v) is 5.07. The van der Waals surface area contributed by atoms with Crippen LogP contribution in [0, 0.1) is 5.82 Å². The van der Waals surface area contributed by atoms with Gasteiger partial charge in [0.2, 0.25) is 5.91 Å². The van der Waals surface area contributed by atoms with Crippen LogP contribution in [0.25, 0.3) is 0 Å². The minimum Gasteiger partial charge on any atom is -0.489 e. The summed E-state index contributed by atoms with van der Waals surface area (Å²) in [6, 6.07) is 24.2. The molecule has 1 aliphatic rings. The molecule has 1 amide bonds. The van der Waals surface area contributed by atoms with Crippen molar-refractivity contribution in [1.29, 1.82) is 0 Å². The standard InChI is InChI=1S/C24H23FN2O2/c25-20-12-10-18(11-13-20)15-26-24(28)14-21-17-29-23-9-5-4-8-22(23)27(21)16-19-6-2-1-3-7-19/h1-13,21H,14-17H2,(H,26,28). The highest BCUT2D eigenvalue weighted by atomic mass is 19.1. The van der Waals surface area contributed by atoms with Crippen molar-refractivity contribution in [3.8, 4) is 5.75 Å². The molecular weight excluding hydrogens is 367 g/mol. The number of fused-ring (bicyclic) bond motifs is 1. The van der Waals surface area contributed by atoms with Gasteiger partial charge in [0, 0.05) is 13.1 Å². The third-order valence-electron chi connectivity index (χ3n) is 5.07. The van der Waals surface area contributed by atoms with Crippen LogP contribution in [0.2, 0.25) is 0 Å². The minimum atomic E-state index is -0.283. The zero-order chi connectivity index (χ0) is 20.1. The number of ether oxygens (including phenoxy) is 1. The number of carbonyl (C=O) groups excluding carboxylic acids is 1. The van der Waals surface area contributed by atoms with Gasteiger partial charge < -0.3 is 15.0 Å². The van der Waals surface area contributed by atoms with E-state index >= 15 is 0 Å². The highest BCUT2D eigenvalue weighted by Crippen LogP contribution is 2.35. The van der Waals surface area contributed by atoms with Crippen molar-refractivity contribution in [2.45, 2.75) is 25.6 Å². The fourth-order valence-electron chi connectivity index (χ4n) is 3.54. The van der Waals surface area contributed by atoms with E-state index in [1.807, 2.05) is 42.5 Å². The summed E-state index contributed by atoms with van der Waals surface area (Å²) in [5.74, 6) is 0.501. The van der Waals surface area contributed by atoms with E-state index in [0.29, 0.717) is 26.1 Å². The Kier molecular flexibility index (Phi) is 5.75. The molecule has 1 N–H and O–H groups in total.